The van der Waals surface area contributed by atoms with Gasteiger partial charge in [-0.25, -0.2) is 4.79 Å². The summed E-state index contributed by atoms with van der Waals surface area (Å²) in [7, 11) is -1.97. The third-order valence-corrected chi connectivity index (χ3v) is 10.4. The van der Waals surface area contributed by atoms with E-state index in [2.05, 4.69) is 70.2 Å². The van der Waals surface area contributed by atoms with Gasteiger partial charge < -0.3 is 20.2 Å². The van der Waals surface area contributed by atoms with Gasteiger partial charge in [-0.3, -0.25) is 4.90 Å². The van der Waals surface area contributed by atoms with Crippen LogP contribution in [0, 0.1) is 5.41 Å². The molecule has 25 heavy (non-hydrogen) atoms. The number of carbonyl (C=O) groups is 1. The van der Waals surface area contributed by atoms with Crippen molar-refractivity contribution < 1.29 is 14.3 Å². The maximum absolute atomic E-state index is 11.6. The van der Waals surface area contributed by atoms with Crippen molar-refractivity contribution in [1.29, 1.82) is 0 Å². The van der Waals surface area contributed by atoms with Gasteiger partial charge in [0.1, 0.15) is 0 Å². The summed E-state index contributed by atoms with van der Waals surface area (Å²) in [5, 5.41) is 15.8. The van der Waals surface area contributed by atoms with Crippen LogP contribution in [0.2, 0.25) is 18.1 Å². The summed E-state index contributed by atoms with van der Waals surface area (Å²) < 4.78 is 6.50. The van der Waals surface area contributed by atoms with Crippen LogP contribution in [0.5, 0.6) is 0 Å². The largest absolute Gasteiger partial charge is 0.465 e. The van der Waals surface area contributed by atoms with Gasteiger partial charge in [0, 0.05) is 32.7 Å². The van der Waals surface area contributed by atoms with Gasteiger partial charge >= 0.3 is 6.09 Å². The quantitative estimate of drug-likeness (QED) is 0.624. The summed E-state index contributed by atoms with van der Waals surface area (Å²) in [4.78, 5) is 14.0. The van der Waals surface area contributed by atoms with E-state index in [1.807, 2.05) is 0 Å². The first-order chi connectivity index (χ1) is 11.2. The normalized spacial score (nSPS) is 20.2. The summed E-state index contributed by atoms with van der Waals surface area (Å²) in [6, 6.07) is 0. The fourth-order valence-corrected chi connectivity index (χ4v) is 3.78. The minimum absolute atomic E-state index is 0.0922. The molecule has 148 valence electrons. The average Bonchev–Trinajstić information content (AvgIpc) is 2.43. The molecule has 0 aromatic rings. The van der Waals surface area contributed by atoms with Crippen LogP contribution in [-0.2, 0) is 4.43 Å². The van der Waals surface area contributed by atoms with Crippen LogP contribution in [-0.4, -0.2) is 69.3 Å². The van der Waals surface area contributed by atoms with E-state index in [0.717, 1.165) is 26.2 Å². The van der Waals surface area contributed by atoms with Crippen molar-refractivity contribution in [2.75, 3.05) is 39.3 Å². The molecule has 1 amide bonds. The predicted molar refractivity (Wildman–Crippen MR) is 106 cm³/mol. The van der Waals surface area contributed by atoms with Gasteiger partial charge in [-0.15, -0.1) is 0 Å². The van der Waals surface area contributed by atoms with Crippen molar-refractivity contribution in [3.63, 3.8) is 0 Å². The highest BCUT2D eigenvalue weighted by Gasteiger charge is 2.47. The molecule has 1 heterocycles. The van der Waals surface area contributed by atoms with Crippen molar-refractivity contribution in [2.24, 2.45) is 5.41 Å². The highest BCUT2D eigenvalue weighted by Crippen LogP contribution is 2.39. The minimum Gasteiger partial charge on any atom is -0.465 e. The fraction of sp³-hybridized carbons (Fsp3) is 0.944. The molecule has 1 aliphatic heterocycles. The SMILES string of the molecule is CC(C)(C)[C@](CO[Si](C)(C)C(C)(C)C)(CN1CCNCC1)NC(=O)O. The molecule has 0 saturated carbocycles. The first-order valence-corrected chi connectivity index (χ1v) is 12.2. The Balaban J connectivity index is 3.08. The maximum atomic E-state index is 11.6. The standard InChI is InChI=1S/C18H39N3O3Si/c1-16(2,3)18(20-15(22)23,13-21-11-9-19-10-12-21)14-24-25(7,8)17(4,5)6/h19-20H,9-14H2,1-8H3,(H,22,23)/t18-/m1/s1. The molecule has 1 aliphatic rings. The smallest absolute Gasteiger partial charge is 0.405 e. The molecule has 0 spiro atoms. The highest BCUT2D eigenvalue weighted by molar-refractivity contribution is 6.74. The van der Waals surface area contributed by atoms with E-state index in [-0.39, 0.29) is 10.5 Å². The first-order valence-electron chi connectivity index (χ1n) is 9.28. The van der Waals surface area contributed by atoms with E-state index < -0.39 is 19.9 Å². The third kappa shape index (κ3) is 5.94. The highest BCUT2D eigenvalue weighted by atomic mass is 28.4. The lowest BCUT2D eigenvalue weighted by Gasteiger charge is -2.50. The molecule has 0 aliphatic carbocycles. The monoisotopic (exact) mass is 373 g/mol. The van der Waals surface area contributed by atoms with E-state index in [9.17, 15) is 9.90 Å². The van der Waals surface area contributed by atoms with Crippen molar-refractivity contribution in [3.05, 3.63) is 0 Å². The minimum atomic E-state index is -1.97. The van der Waals surface area contributed by atoms with Crippen LogP contribution in [0.25, 0.3) is 0 Å². The zero-order chi connectivity index (χ0) is 19.5. The number of amides is 1. The van der Waals surface area contributed by atoms with Gasteiger partial charge in [0.15, 0.2) is 8.32 Å². The molecule has 1 atom stereocenters. The molecule has 0 unspecified atom stereocenters. The molecular weight excluding hydrogens is 334 g/mol. The van der Waals surface area contributed by atoms with E-state index in [0.29, 0.717) is 13.2 Å². The second kappa shape index (κ2) is 7.94. The van der Waals surface area contributed by atoms with Gasteiger partial charge in [-0.1, -0.05) is 41.5 Å². The topological polar surface area (TPSA) is 73.8 Å². The molecule has 1 fully saturated rings. The van der Waals surface area contributed by atoms with Gasteiger partial charge in [-0.05, 0) is 23.5 Å². The Kier molecular flexibility index (Phi) is 7.12. The second-order valence-corrected chi connectivity index (χ2v) is 14.6. The number of carboxylic acid groups (broad SMARTS) is 1. The Labute approximate surface area is 154 Å². The van der Waals surface area contributed by atoms with Crippen LogP contribution in [0.3, 0.4) is 0 Å². The Morgan fingerprint density at radius 1 is 1.16 bits per heavy atom. The molecule has 3 N–H and O–H groups in total. The Hall–Kier alpha value is -0.633. The van der Waals surface area contributed by atoms with Gasteiger partial charge in [0.05, 0.1) is 12.1 Å². The molecule has 0 aromatic heterocycles. The van der Waals surface area contributed by atoms with Crippen molar-refractivity contribution in [3.8, 4) is 0 Å². The first kappa shape index (κ1) is 22.4. The Bertz CT molecular complexity index is 451. The van der Waals surface area contributed by atoms with Crippen LogP contribution >= 0.6 is 0 Å². The number of rotatable bonds is 6. The van der Waals surface area contributed by atoms with Crippen molar-refractivity contribution in [2.45, 2.75) is 65.2 Å². The zero-order valence-electron chi connectivity index (χ0n) is 17.5. The number of piperazine rings is 1. The second-order valence-electron chi connectivity index (χ2n) is 9.84. The lowest BCUT2D eigenvalue weighted by molar-refractivity contribution is 0.0283. The molecule has 6 nitrogen and oxygen atoms in total. The Morgan fingerprint density at radius 3 is 2.08 bits per heavy atom. The third-order valence-electron chi connectivity index (χ3n) is 5.97. The summed E-state index contributed by atoms with van der Waals surface area (Å²) in [6.45, 7) is 22.2. The van der Waals surface area contributed by atoms with E-state index in [4.69, 9.17) is 4.43 Å². The lowest BCUT2D eigenvalue weighted by Crippen LogP contribution is -2.67. The summed E-state index contributed by atoms with van der Waals surface area (Å²) in [6.07, 6.45) is -0.983. The summed E-state index contributed by atoms with van der Waals surface area (Å²) in [5.74, 6) is 0. The van der Waals surface area contributed by atoms with Gasteiger partial charge in [0.25, 0.3) is 0 Å². The van der Waals surface area contributed by atoms with Crippen LogP contribution in [0.4, 0.5) is 4.79 Å². The number of nitrogens with one attached hydrogen (secondary N) is 2. The van der Waals surface area contributed by atoms with Crippen LogP contribution < -0.4 is 10.6 Å². The number of hydrogen-bond acceptors (Lipinski definition) is 4. The van der Waals surface area contributed by atoms with Gasteiger partial charge in [-0.2, -0.15) is 0 Å². The lowest BCUT2D eigenvalue weighted by atomic mass is 9.73. The molecule has 1 saturated heterocycles. The predicted octanol–water partition coefficient (Wildman–Crippen LogP) is 2.97. The molecule has 1 rings (SSSR count). The molecular formula is C18H39N3O3Si. The molecule has 0 bridgehead atoms. The van der Waals surface area contributed by atoms with Crippen molar-refractivity contribution in [1.82, 2.24) is 15.5 Å². The number of nitrogens with zero attached hydrogens (tertiary/aromatic N) is 1. The molecule has 0 radical (unpaired) electrons. The van der Waals surface area contributed by atoms with E-state index in [1.54, 1.807) is 0 Å². The zero-order valence-corrected chi connectivity index (χ0v) is 18.5. The van der Waals surface area contributed by atoms with Crippen LogP contribution in [0.15, 0.2) is 0 Å². The number of hydrogen-bond donors (Lipinski definition) is 3. The van der Waals surface area contributed by atoms with E-state index >= 15 is 0 Å². The summed E-state index contributed by atoms with van der Waals surface area (Å²) >= 11 is 0. The summed E-state index contributed by atoms with van der Waals surface area (Å²) in [5.41, 5.74) is -0.912. The molecule has 0 aromatic carbocycles. The average molecular weight is 374 g/mol. The van der Waals surface area contributed by atoms with Crippen LogP contribution in [0.1, 0.15) is 41.5 Å². The Morgan fingerprint density at radius 2 is 1.68 bits per heavy atom. The van der Waals surface area contributed by atoms with E-state index in [1.165, 1.54) is 0 Å². The maximum Gasteiger partial charge on any atom is 0.405 e. The fourth-order valence-electron chi connectivity index (χ4n) is 2.74. The molecule has 7 heteroatoms. The van der Waals surface area contributed by atoms with Gasteiger partial charge in [0.2, 0.25) is 0 Å². The van der Waals surface area contributed by atoms with Crippen molar-refractivity contribution >= 4 is 14.4 Å².